The van der Waals surface area contributed by atoms with E-state index in [9.17, 15) is 4.57 Å². The smallest absolute Gasteiger partial charge is 0.303 e. The van der Waals surface area contributed by atoms with E-state index in [1.54, 1.807) is 30.6 Å². The molecular weight excluding hydrogens is 181 g/mol. The average molecular weight is 190 g/mol. The number of phosphoric ester groups is 1. The first kappa shape index (κ1) is 9.35. The number of nitrogens with zero attached hydrogens (tertiary/aromatic N) is 1. The Kier molecular flexibility index (Phi) is 2.94. The molecule has 1 aromatic heterocycles. The highest BCUT2D eigenvalue weighted by Gasteiger charge is 2.15. The van der Waals surface area contributed by atoms with Crippen molar-refractivity contribution in [2.75, 3.05) is 0 Å². The van der Waals surface area contributed by atoms with Gasteiger partial charge in [-0.3, -0.25) is 0 Å². The van der Waals surface area contributed by atoms with E-state index in [0.29, 0.717) is 0 Å². The highest BCUT2D eigenvalue weighted by molar-refractivity contribution is 7.46. The summed E-state index contributed by atoms with van der Waals surface area (Å²) in [5, 5.41) is 0. The maximum atomic E-state index is 10.3. The van der Waals surface area contributed by atoms with Crippen LogP contribution in [0.3, 0.4) is 0 Å². The quantitative estimate of drug-likeness (QED) is 0.521. The molecule has 1 heterocycles. The summed E-state index contributed by atoms with van der Waals surface area (Å²) < 4.78 is 16.0. The number of rotatable bonds is 3. The van der Waals surface area contributed by atoms with E-state index < -0.39 is 7.82 Å². The van der Waals surface area contributed by atoms with Gasteiger partial charge in [0, 0.05) is 12.1 Å². The van der Waals surface area contributed by atoms with Gasteiger partial charge in [0.25, 0.3) is 6.73 Å². The maximum Gasteiger partial charge on any atom is 0.474 e. The number of aromatic nitrogens is 1. The molecule has 0 bridgehead atoms. The van der Waals surface area contributed by atoms with Crippen molar-refractivity contribution in [3.63, 3.8) is 0 Å². The fourth-order valence-electron chi connectivity index (χ4n) is 0.662. The lowest BCUT2D eigenvalue weighted by molar-refractivity contribution is -0.725. The van der Waals surface area contributed by atoms with E-state index in [1.807, 2.05) is 0 Å². The molecule has 0 spiro atoms. The highest BCUT2D eigenvalue weighted by atomic mass is 31.2. The molecule has 0 atom stereocenters. The third-order valence-electron chi connectivity index (χ3n) is 1.15. The first-order valence-corrected chi connectivity index (χ1v) is 4.75. The van der Waals surface area contributed by atoms with Gasteiger partial charge in [0.15, 0.2) is 12.4 Å². The first-order valence-electron chi connectivity index (χ1n) is 3.22. The summed E-state index contributed by atoms with van der Waals surface area (Å²) in [6.07, 6.45) is 3.30. The molecule has 0 fully saturated rings. The van der Waals surface area contributed by atoms with Gasteiger partial charge in [-0.2, -0.15) is 4.57 Å². The second-order valence-electron chi connectivity index (χ2n) is 2.14. The summed E-state index contributed by atoms with van der Waals surface area (Å²) in [4.78, 5) is 16.7. The van der Waals surface area contributed by atoms with Crippen molar-refractivity contribution in [1.82, 2.24) is 0 Å². The van der Waals surface area contributed by atoms with Crippen LogP contribution in [0.4, 0.5) is 0 Å². The summed E-state index contributed by atoms with van der Waals surface area (Å²) in [5.41, 5.74) is 0. The van der Waals surface area contributed by atoms with Gasteiger partial charge in [-0.25, -0.2) is 9.09 Å². The number of phosphoric acid groups is 1. The largest absolute Gasteiger partial charge is 0.474 e. The van der Waals surface area contributed by atoms with Crippen LogP contribution in [0.1, 0.15) is 0 Å². The molecule has 12 heavy (non-hydrogen) atoms. The predicted molar refractivity (Wildman–Crippen MR) is 39.8 cm³/mol. The molecule has 0 saturated heterocycles. The zero-order valence-corrected chi connectivity index (χ0v) is 7.09. The molecule has 2 N–H and O–H groups in total. The first-order chi connectivity index (χ1) is 5.58. The summed E-state index contributed by atoms with van der Waals surface area (Å²) in [6.45, 7) is -0.148. The molecule has 6 heteroatoms. The van der Waals surface area contributed by atoms with Crippen LogP contribution in [0, 0.1) is 0 Å². The fourth-order valence-corrected chi connectivity index (χ4v) is 0.946. The van der Waals surface area contributed by atoms with Crippen LogP contribution in [0.25, 0.3) is 0 Å². The molecule has 0 unspecified atom stereocenters. The van der Waals surface area contributed by atoms with Crippen molar-refractivity contribution in [3.8, 4) is 0 Å². The molecule has 0 radical (unpaired) electrons. The SMILES string of the molecule is O=P(O)(O)OC[n+]1ccccc1. The molecule has 5 nitrogen and oxygen atoms in total. The summed E-state index contributed by atoms with van der Waals surface area (Å²) in [7, 11) is -4.35. The van der Waals surface area contributed by atoms with Crippen molar-refractivity contribution in [2.45, 2.75) is 6.73 Å². The molecule has 0 aliphatic rings. The summed E-state index contributed by atoms with van der Waals surface area (Å²) in [6, 6.07) is 5.28. The van der Waals surface area contributed by atoms with Crippen molar-refractivity contribution >= 4 is 7.82 Å². The van der Waals surface area contributed by atoms with E-state index in [-0.39, 0.29) is 6.73 Å². The lowest BCUT2D eigenvalue weighted by Gasteiger charge is -2.00. The Hall–Kier alpha value is -0.740. The second-order valence-corrected chi connectivity index (χ2v) is 3.38. The van der Waals surface area contributed by atoms with Crippen LogP contribution in [-0.4, -0.2) is 9.79 Å². The highest BCUT2D eigenvalue weighted by Crippen LogP contribution is 2.35. The standard InChI is InChI=1S/C6H8NO4P/c8-12(9,10)11-6-7-4-2-1-3-5-7/h1-5H,6H2,(H-,8,9,10)/p+1. The van der Waals surface area contributed by atoms with E-state index in [1.165, 1.54) is 4.57 Å². The lowest BCUT2D eigenvalue weighted by Crippen LogP contribution is -2.33. The number of hydrogen-bond donors (Lipinski definition) is 2. The van der Waals surface area contributed by atoms with Crippen LogP contribution in [0.15, 0.2) is 30.6 Å². The minimum absolute atomic E-state index is 0.148. The molecule has 0 saturated carbocycles. The second kappa shape index (κ2) is 3.78. The van der Waals surface area contributed by atoms with Gasteiger partial charge >= 0.3 is 7.82 Å². The third kappa shape index (κ3) is 3.59. The van der Waals surface area contributed by atoms with Crippen LogP contribution >= 0.6 is 7.82 Å². The average Bonchev–Trinajstić information content (AvgIpc) is 2.02. The van der Waals surface area contributed by atoms with Crippen LogP contribution < -0.4 is 4.57 Å². The lowest BCUT2D eigenvalue weighted by atomic mass is 10.5. The Labute approximate surface area is 69.5 Å². The van der Waals surface area contributed by atoms with Gasteiger partial charge < -0.3 is 9.79 Å². The Morgan fingerprint density at radius 1 is 1.25 bits per heavy atom. The van der Waals surface area contributed by atoms with Crippen LogP contribution in [0.5, 0.6) is 0 Å². The number of hydrogen-bond acceptors (Lipinski definition) is 2. The number of pyridine rings is 1. The van der Waals surface area contributed by atoms with Crippen molar-refractivity contribution in [1.29, 1.82) is 0 Å². The van der Waals surface area contributed by atoms with Gasteiger partial charge in [-0.15, -0.1) is 0 Å². The summed E-state index contributed by atoms with van der Waals surface area (Å²) >= 11 is 0. The molecule has 0 aromatic carbocycles. The normalized spacial score (nSPS) is 11.5. The minimum Gasteiger partial charge on any atom is -0.303 e. The van der Waals surface area contributed by atoms with Crippen molar-refractivity contribution < 1.29 is 23.4 Å². The molecular formula is C6H9NO4P+. The van der Waals surface area contributed by atoms with Gasteiger partial charge in [-0.05, 0) is 0 Å². The maximum absolute atomic E-state index is 10.3. The zero-order valence-electron chi connectivity index (χ0n) is 6.20. The molecule has 0 aliphatic carbocycles. The molecule has 1 rings (SSSR count). The minimum atomic E-state index is -4.35. The van der Waals surface area contributed by atoms with Gasteiger partial charge in [-0.1, -0.05) is 6.07 Å². The van der Waals surface area contributed by atoms with Gasteiger partial charge in [0.05, 0.1) is 0 Å². The Balaban J connectivity index is 2.50. The molecule has 66 valence electrons. The molecule has 0 amide bonds. The Bertz CT molecular complexity index is 283. The van der Waals surface area contributed by atoms with E-state index in [4.69, 9.17) is 9.79 Å². The van der Waals surface area contributed by atoms with E-state index >= 15 is 0 Å². The van der Waals surface area contributed by atoms with Crippen LogP contribution in [0.2, 0.25) is 0 Å². The summed E-state index contributed by atoms with van der Waals surface area (Å²) in [5.74, 6) is 0. The van der Waals surface area contributed by atoms with Crippen molar-refractivity contribution in [3.05, 3.63) is 30.6 Å². The Morgan fingerprint density at radius 2 is 1.83 bits per heavy atom. The fraction of sp³-hybridized carbons (Fsp3) is 0.167. The van der Waals surface area contributed by atoms with Gasteiger partial charge in [0.1, 0.15) is 0 Å². The van der Waals surface area contributed by atoms with E-state index in [0.717, 1.165) is 0 Å². The monoisotopic (exact) mass is 190 g/mol. The topological polar surface area (TPSA) is 70.6 Å². The van der Waals surface area contributed by atoms with E-state index in [2.05, 4.69) is 4.52 Å². The third-order valence-corrected chi connectivity index (χ3v) is 1.60. The Morgan fingerprint density at radius 3 is 2.33 bits per heavy atom. The molecule has 1 aromatic rings. The zero-order chi connectivity index (χ0) is 9.03. The van der Waals surface area contributed by atoms with Crippen LogP contribution in [-0.2, 0) is 15.8 Å². The van der Waals surface area contributed by atoms with Crippen molar-refractivity contribution in [2.24, 2.45) is 0 Å². The molecule has 0 aliphatic heterocycles. The van der Waals surface area contributed by atoms with Gasteiger partial charge in [0.2, 0.25) is 0 Å². The predicted octanol–water partition coefficient (Wildman–Crippen LogP) is 0.0409.